The zero-order valence-corrected chi connectivity index (χ0v) is 11.8. The van der Waals surface area contributed by atoms with Crippen LogP contribution in [0.1, 0.15) is 30.0 Å². The van der Waals surface area contributed by atoms with Gasteiger partial charge in [0.05, 0.1) is 5.88 Å². The minimum absolute atomic E-state index is 0.0727. The second kappa shape index (κ2) is 4.99. The van der Waals surface area contributed by atoms with E-state index in [1.165, 1.54) is 11.0 Å². The number of amides is 2. The number of benzene rings is 1. The number of hydrogen-bond donors (Lipinski definition) is 1. The number of urea groups is 1. The van der Waals surface area contributed by atoms with Gasteiger partial charge >= 0.3 is 6.03 Å². The summed E-state index contributed by atoms with van der Waals surface area (Å²) >= 11 is 5.70. The zero-order chi connectivity index (χ0) is 14.3. The van der Waals surface area contributed by atoms with Gasteiger partial charge in [-0.1, -0.05) is 11.8 Å². The van der Waals surface area contributed by atoms with Gasteiger partial charge in [-0.2, -0.15) is 0 Å². The molecule has 20 heavy (non-hydrogen) atoms. The molecule has 1 unspecified atom stereocenters. The molecule has 0 aromatic heterocycles. The molecule has 1 aliphatic carbocycles. The molecular weight excluding hydrogens is 279 g/mol. The summed E-state index contributed by atoms with van der Waals surface area (Å²) in [6, 6.07) is 2.38. The lowest BCUT2D eigenvalue weighted by Crippen LogP contribution is -2.39. The van der Waals surface area contributed by atoms with Crippen LogP contribution in [-0.2, 0) is 5.88 Å². The molecule has 1 atom stereocenters. The van der Waals surface area contributed by atoms with E-state index in [0.717, 1.165) is 12.8 Å². The van der Waals surface area contributed by atoms with Gasteiger partial charge in [-0.25, -0.2) is 9.18 Å². The molecular formula is C15H14ClFN2O. The number of nitrogens with zero attached hydrogens (tertiary/aromatic N) is 1. The predicted octanol–water partition coefficient (Wildman–Crippen LogP) is 3.50. The van der Waals surface area contributed by atoms with E-state index in [9.17, 15) is 9.18 Å². The minimum Gasteiger partial charge on any atom is -0.310 e. The van der Waals surface area contributed by atoms with Gasteiger partial charge in [0.15, 0.2) is 0 Å². The lowest BCUT2D eigenvalue weighted by Gasteiger charge is -2.32. The molecule has 2 aliphatic rings. The molecule has 1 heterocycles. The lowest BCUT2D eigenvalue weighted by atomic mass is 9.99. The number of alkyl halides is 1. The Morgan fingerprint density at radius 3 is 2.85 bits per heavy atom. The number of halogens is 2. The molecule has 5 heteroatoms. The van der Waals surface area contributed by atoms with E-state index in [1.807, 2.05) is 0 Å². The Kier molecular flexibility index (Phi) is 3.31. The van der Waals surface area contributed by atoms with Crippen LogP contribution >= 0.6 is 11.6 Å². The maximum Gasteiger partial charge on any atom is 0.322 e. The van der Waals surface area contributed by atoms with Crippen molar-refractivity contribution < 1.29 is 9.18 Å². The highest BCUT2D eigenvalue weighted by molar-refractivity contribution is 6.17. The maximum absolute atomic E-state index is 13.9. The molecule has 0 saturated heterocycles. The van der Waals surface area contributed by atoms with Crippen LogP contribution in [0.25, 0.3) is 0 Å². The van der Waals surface area contributed by atoms with Crippen molar-refractivity contribution in [3.63, 3.8) is 0 Å². The second-order valence-electron chi connectivity index (χ2n) is 5.17. The topological polar surface area (TPSA) is 32.3 Å². The highest BCUT2D eigenvalue weighted by atomic mass is 35.5. The van der Waals surface area contributed by atoms with Crippen LogP contribution < -0.4 is 5.32 Å². The molecule has 1 aliphatic heterocycles. The Labute approximate surface area is 122 Å². The van der Waals surface area contributed by atoms with Crippen molar-refractivity contribution in [2.45, 2.75) is 24.8 Å². The van der Waals surface area contributed by atoms with Gasteiger partial charge in [0.1, 0.15) is 11.9 Å². The largest absolute Gasteiger partial charge is 0.322 e. The van der Waals surface area contributed by atoms with Gasteiger partial charge in [-0.3, -0.25) is 0 Å². The first kappa shape index (κ1) is 13.3. The van der Waals surface area contributed by atoms with Crippen molar-refractivity contribution in [1.82, 2.24) is 4.90 Å². The number of carbonyl (C=O) groups excluding carboxylic acids is 1. The number of fused-ring (bicyclic) bond motifs is 1. The van der Waals surface area contributed by atoms with Crippen LogP contribution in [0, 0.1) is 23.6 Å². The molecule has 1 N–H and O–H groups in total. The van der Waals surface area contributed by atoms with E-state index in [-0.39, 0.29) is 17.7 Å². The quantitative estimate of drug-likeness (QED) is 0.623. The fourth-order valence-electron chi connectivity index (χ4n) is 2.20. The summed E-state index contributed by atoms with van der Waals surface area (Å²) < 4.78 is 13.9. The van der Waals surface area contributed by atoms with E-state index in [2.05, 4.69) is 17.2 Å². The number of rotatable bonds is 1. The summed E-state index contributed by atoms with van der Waals surface area (Å²) in [5.41, 5.74) is 1.66. The van der Waals surface area contributed by atoms with Crippen molar-refractivity contribution in [1.29, 1.82) is 0 Å². The fraction of sp³-hybridized carbons (Fsp3) is 0.400. The van der Waals surface area contributed by atoms with Crippen molar-refractivity contribution in [3.05, 3.63) is 29.1 Å². The molecule has 0 radical (unpaired) electrons. The van der Waals surface area contributed by atoms with E-state index in [4.69, 9.17) is 11.6 Å². The van der Waals surface area contributed by atoms with Crippen LogP contribution in [0.15, 0.2) is 12.1 Å². The Bertz CT molecular complexity index is 631. The Balaban J connectivity index is 2.05. The van der Waals surface area contributed by atoms with E-state index >= 15 is 0 Å². The van der Waals surface area contributed by atoms with Gasteiger partial charge in [-0.05, 0) is 25.0 Å². The number of nitrogens with one attached hydrogen (secondary N) is 1. The van der Waals surface area contributed by atoms with Crippen LogP contribution in [0.3, 0.4) is 0 Å². The number of hydrogen-bond acceptors (Lipinski definition) is 1. The van der Waals surface area contributed by atoms with Gasteiger partial charge in [0, 0.05) is 29.8 Å². The summed E-state index contributed by atoms with van der Waals surface area (Å²) in [6.07, 6.45) is 2.23. The molecule has 0 bridgehead atoms. The first-order valence-corrected chi connectivity index (χ1v) is 7.06. The third-order valence-corrected chi connectivity index (χ3v) is 3.90. The Hall–Kier alpha value is -1.73. The SMILES string of the molecule is CN1C(=O)Nc2cc(CCl)c(F)cc2C1C#CC1CC1. The van der Waals surface area contributed by atoms with Crippen molar-refractivity contribution in [2.75, 3.05) is 12.4 Å². The summed E-state index contributed by atoms with van der Waals surface area (Å²) in [4.78, 5) is 13.4. The monoisotopic (exact) mass is 292 g/mol. The van der Waals surface area contributed by atoms with Gasteiger partial charge < -0.3 is 10.2 Å². The van der Waals surface area contributed by atoms with Gasteiger partial charge in [0.25, 0.3) is 0 Å². The summed E-state index contributed by atoms with van der Waals surface area (Å²) in [5.74, 6) is 6.39. The first-order chi connectivity index (χ1) is 9.60. The van der Waals surface area contributed by atoms with Crippen LogP contribution in [0.2, 0.25) is 0 Å². The molecule has 3 rings (SSSR count). The van der Waals surface area contributed by atoms with Crippen LogP contribution in [0.4, 0.5) is 14.9 Å². The highest BCUT2D eigenvalue weighted by Gasteiger charge is 2.30. The molecule has 2 amide bonds. The third-order valence-electron chi connectivity index (χ3n) is 3.61. The Morgan fingerprint density at radius 1 is 1.45 bits per heavy atom. The fourth-order valence-corrected chi connectivity index (χ4v) is 2.40. The average molecular weight is 293 g/mol. The molecule has 1 fully saturated rings. The normalized spacial score (nSPS) is 20.9. The van der Waals surface area contributed by atoms with Gasteiger partial charge in [0.2, 0.25) is 0 Å². The first-order valence-electron chi connectivity index (χ1n) is 6.53. The summed E-state index contributed by atoms with van der Waals surface area (Å²) in [5, 5.41) is 2.74. The molecule has 1 aromatic rings. The molecule has 3 nitrogen and oxygen atoms in total. The standard InChI is InChI=1S/C15H14ClFN2O/c1-19-14(5-4-9-2-3-9)11-7-12(17)10(8-16)6-13(11)18-15(19)20/h6-7,9,14H,2-3,8H2,1H3,(H,18,20). The highest BCUT2D eigenvalue weighted by Crippen LogP contribution is 2.35. The second-order valence-corrected chi connectivity index (χ2v) is 5.44. The average Bonchev–Trinajstić information content (AvgIpc) is 3.24. The van der Waals surface area contributed by atoms with Crippen LogP contribution in [0.5, 0.6) is 0 Å². The number of anilines is 1. The van der Waals surface area contributed by atoms with Crippen LogP contribution in [-0.4, -0.2) is 18.0 Å². The van der Waals surface area contributed by atoms with E-state index in [1.54, 1.807) is 13.1 Å². The smallest absolute Gasteiger partial charge is 0.310 e. The van der Waals surface area contributed by atoms with E-state index in [0.29, 0.717) is 22.7 Å². The lowest BCUT2D eigenvalue weighted by molar-refractivity contribution is 0.212. The minimum atomic E-state index is -0.404. The zero-order valence-electron chi connectivity index (χ0n) is 11.0. The molecule has 104 valence electrons. The Morgan fingerprint density at radius 2 is 2.20 bits per heavy atom. The predicted molar refractivity (Wildman–Crippen MR) is 76.0 cm³/mol. The number of carbonyl (C=O) groups is 1. The third kappa shape index (κ3) is 2.34. The van der Waals surface area contributed by atoms with Crippen molar-refractivity contribution in [3.8, 4) is 11.8 Å². The van der Waals surface area contributed by atoms with Gasteiger partial charge in [-0.15, -0.1) is 11.6 Å². The van der Waals surface area contributed by atoms with E-state index < -0.39 is 6.04 Å². The summed E-state index contributed by atoms with van der Waals surface area (Å²) in [6.45, 7) is 0. The maximum atomic E-state index is 13.9. The summed E-state index contributed by atoms with van der Waals surface area (Å²) in [7, 11) is 1.66. The molecule has 1 aromatic carbocycles. The van der Waals surface area contributed by atoms with Crippen molar-refractivity contribution >= 4 is 23.3 Å². The molecule has 1 saturated carbocycles. The van der Waals surface area contributed by atoms with Crippen molar-refractivity contribution in [2.24, 2.45) is 5.92 Å². The molecule has 0 spiro atoms.